The van der Waals surface area contributed by atoms with Crippen molar-refractivity contribution in [3.63, 3.8) is 0 Å². The zero-order valence-corrected chi connectivity index (χ0v) is 21.3. The molecule has 0 aromatic rings. The van der Waals surface area contributed by atoms with Gasteiger partial charge in [0, 0.05) is 32.2 Å². The summed E-state index contributed by atoms with van der Waals surface area (Å²) in [6.45, 7) is 8.08. The smallest absolute Gasteiger partial charge is 0.410 e. The van der Waals surface area contributed by atoms with Gasteiger partial charge in [-0.25, -0.2) is 4.79 Å². The molecule has 0 spiro atoms. The maximum atomic E-state index is 13.8. The van der Waals surface area contributed by atoms with Gasteiger partial charge in [-0.3, -0.25) is 9.59 Å². The number of piperidine rings is 2. The molecule has 2 aliphatic heterocycles. The highest BCUT2D eigenvalue weighted by Gasteiger charge is 2.55. The Balaban J connectivity index is 1.16. The van der Waals surface area contributed by atoms with Gasteiger partial charge in [0.05, 0.1) is 11.3 Å². The molecule has 2 saturated heterocycles. The fraction of sp³-hybridized carbons (Fsp3) is 0.889. The van der Waals surface area contributed by atoms with E-state index in [2.05, 4.69) is 10.2 Å². The minimum atomic E-state index is -0.541. The lowest BCUT2D eigenvalue weighted by atomic mass is 9.49. The van der Waals surface area contributed by atoms with Gasteiger partial charge < -0.3 is 19.9 Å². The number of hydrogen-bond donors (Lipinski definition) is 1. The van der Waals surface area contributed by atoms with Gasteiger partial charge in [0.15, 0.2) is 0 Å². The fourth-order valence-corrected chi connectivity index (χ4v) is 7.99. The van der Waals surface area contributed by atoms with Crippen molar-refractivity contribution in [3.05, 3.63) is 0 Å². The molecule has 34 heavy (non-hydrogen) atoms. The van der Waals surface area contributed by atoms with Gasteiger partial charge in [0.25, 0.3) is 0 Å². The molecular formula is C27H43N3O4. The van der Waals surface area contributed by atoms with Crippen molar-refractivity contribution in [1.29, 1.82) is 0 Å². The summed E-state index contributed by atoms with van der Waals surface area (Å²) < 4.78 is 5.51. The maximum absolute atomic E-state index is 13.8. The molecule has 190 valence electrons. The van der Waals surface area contributed by atoms with E-state index in [1.165, 1.54) is 19.3 Å². The first kappa shape index (κ1) is 23.9. The van der Waals surface area contributed by atoms with E-state index in [1.54, 1.807) is 4.90 Å². The van der Waals surface area contributed by atoms with E-state index in [0.717, 1.165) is 69.2 Å². The van der Waals surface area contributed by atoms with Crippen LogP contribution in [0.15, 0.2) is 0 Å². The van der Waals surface area contributed by atoms with Gasteiger partial charge in [-0.05, 0) is 103 Å². The second kappa shape index (κ2) is 9.02. The van der Waals surface area contributed by atoms with E-state index >= 15 is 0 Å². The lowest BCUT2D eigenvalue weighted by Gasteiger charge is -2.57. The summed E-state index contributed by atoms with van der Waals surface area (Å²) in [4.78, 5) is 43.1. The Kier molecular flexibility index (Phi) is 6.34. The molecule has 7 heteroatoms. The van der Waals surface area contributed by atoms with Crippen molar-refractivity contribution >= 4 is 17.9 Å². The molecule has 6 rings (SSSR count). The van der Waals surface area contributed by atoms with Crippen LogP contribution in [0.1, 0.15) is 85.0 Å². The van der Waals surface area contributed by atoms with Gasteiger partial charge in [0.1, 0.15) is 5.60 Å². The zero-order chi connectivity index (χ0) is 24.1. The Labute approximate surface area is 204 Å². The van der Waals surface area contributed by atoms with Crippen molar-refractivity contribution in [1.82, 2.24) is 15.1 Å². The van der Waals surface area contributed by atoms with Crippen LogP contribution in [0.4, 0.5) is 4.79 Å². The number of amides is 3. The Morgan fingerprint density at radius 2 is 1.44 bits per heavy atom. The summed E-state index contributed by atoms with van der Waals surface area (Å²) in [6, 6.07) is 0.0102. The van der Waals surface area contributed by atoms with Crippen LogP contribution in [0, 0.1) is 29.1 Å². The van der Waals surface area contributed by atoms with Crippen molar-refractivity contribution in [2.45, 2.75) is 96.6 Å². The second-order valence-electron chi connectivity index (χ2n) is 13.1. The molecule has 6 fully saturated rings. The number of carbonyl (C=O) groups excluding carboxylic acids is 3. The summed E-state index contributed by atoms with van der Waals surface area (Å²) in [5.41, 5.74) is -0.654. The zero-order valence-electron chi connectivity index (χ0n) is 21.3. The molecule has 2 atom stereocenters. The average Bonchev–Trinajstić information content (AvgIpc) is 2.77. The topological polar surface area (TPSA) is 79.0 Å². The van der Waals surface area contributed by atoms with Gasteiger partial charge in [-0.1, -0.05) is 0 Å². The highest BCUT2D eigenvalue weighted by Crippen LogP contribution is 2.60. The minimum absolute atomic E-state index is 0.0102. The van der Waals surface area contributed by atoms with Crippen LogP contribution in [0.3, 0.4) is 0 Å². The normalized spacial score (nSPS) is 37.4. The third-order valence-corrected chi connectivity index (χ3v) is 8.99. The summed E-state index contributed by atoms with van der Waals surface area (Å²) in [5, 5.41) is 3.24. The van der Waals surface area contributed by atoms with Crippen LogP contribution in [0.25, 0.3) is 0 Å². The molecule has 0 unspecified atom stereocenters. The van der Waals surface area contributed by atoms with Gasteiger partial charge in [-0.2, -0.15) is 0 Å². The predicted octanol–water partition coefficient (Wildman–Crippen LogP) is 3.96. The van der Waals surface area contributed by atoms with E-state index in [1.807, 2.05) is 20.8 Å². The van der Waals surface area contributed by atoms with Crippen LogP contribution in [0.2, 0.25) is 0 Å². The molecule has 4 bridgehead atoms. The van der Waals surface area contributed by atoms with E-state index in [0.29, 0.717) is 25.5 Å². The first-order chi connectivity index (χ1) is 16.1. The largest absolute Gasteiger partial charge is 0.444 e. The highest BCUT2D eigenvalue weighted by atomic mass is 16.6. The van der Waals surface area contributed by atoms with Crippen molar-refractivity contribution in [3.8, 4) is 0 Å². The first-order valence-electron chi connectivity index (χ1n) is 13.7. The molecule has 3 amide bonds. The van der Waals surface area contributed by atoms with Crippen LogP contribution in [0.5, 0.6) is 0 Å². The fourth-order valence-electron chi connectivity index (χ4n) is 7.99. The Morgan fingerprint density at radius 3 is 2.06 bits per heavy atom. The number of likely N-dealkylation sites (tertiary alicyclic amines) is 2. The molecule has 2 heterocycles. The summed E-state index contributed by atoms with van der Waals surface area (Å²) in [5.74, 6) is 2.45. The molecular weight excluding hydrogens is 430 g/mol. The Morgan fingerprint density at radius 1 is 0.853 bits per heavy atom. The molecule has 0 radical (unpaired) electrons. The monoisotopic (exact) mass is 473 g/mol. The molecule has 6 aliphatic rings. The number of carbonyl (C=O) groups is 3. The van der Waals surface area contributed by atoms with Crippen molar-refractivity contribution < 1.29 is 19.1 Å². The number of ether oxygens (including phenoxy) is 1. The van der Waals surface area contributed by atoms with Gasteiger partial charge in [-0.15, -0.1) is 0 Å². The number of hydrogen-bond acceptors (Lipinski definition) is 4. The van der Waals surface area contributed by atoms with E-state index < -0.39 is 5.60 Å². The van der Waals surface area contributed by atoms with Crippen LogP contribution >= 0.6 is 0 Å². The summed E-state index contributed by atoms with van der Waals surface area (Å²) in [7, 11) is 0. The molecule has 0 aromatic carbocycles. The number of rotatable bonds is 3. The van der Waals surface area contributed by atoms with Crippen molar-refractivity contribution in [2.24, 2.45) is 29.1 Å². The van der Waals surface area contributed by atoms with Gasteiger partial charge in [0.2, 0.25) is 11.8 Å². The molecule has 7 nitrogen and oxygen atoms in total. The third-order valence-electron chi connectivity index (χ3n) is 8.99. The van der Waals surface area contributed by atoms with Crippen LogP contribution < -0.4 is 5.32 Å². The summed E-state index contributed by atoms with van der Waals surface area (Å²) in [6.07, 6.45) is 10.4. The molecule has 4 aliphatic carbocycles. The van der Waals surface area contributed by atoms with Crippen LogP contribution in [-0.4, -0.2) is 65.5 Å². The maximum Gasteiger partial charge on any atom is 0.410 e. The van der Waals surface area contributed by atoms with E-state index in [9.17, 15) is 14.4 Å². The van der Waals surface area contributed by atoms with Crippen molar-refractivity contribution in [2.75, 3.05) is 26.2 Å². The second-order valence-corrected chi connectivity index (χ2v) is 13.1. The van der Waals surface area contributed by atoms with E-state index in [-0.39, 0.29) is 29.4 Å². The van der Waals surface area contributed by atoms with Crippen LogP contribution in [-0.2, 0) is 14.3 Å². The highest BCUT2D eigenvalue weighted by molar-refractivity contribution is 5.84. The lowest BCUT2D eigenvalue weighted by Crippen LogP contribution is -2.58. The minimum Gasteiger partial charge on any atom is -0.444 e. The number of nitrogens with one attached hydrogen (secondary N) is 1. The average molecular weight is 474 g/mol. The Bertz CT molecular complexity index is 784. The quantitative estimate of drug-likeness (QED) is 0.673. The standard InChI is InChI=1S/C27H43N3O4/c1-26(2,3)34-25(33)30-9-4-6-21(16-30)23(31)28-22-7-5-8-29(17-22)24(32)27-13-18-10-19(14-27)12-20(11-18)15-27/h18-22H,4-17H2,1-3H3,(H,28,31)/t18?,19?,20?,21-,22-,27?/m0/s1. The first-order valence-corrected chi connectivity index (χ1v) is 13.7. The summed E-state index contributed by atoms with van der Waals surface area (Å²) >= 11 is 0. The third kappa shape index (κ3) is 4.94. The molecule has 0 aromatic heterocycles. The SMILES string of the molecule is CC(C)(C)OC(=O)N1CCC[C@H](C(=O)N[C@H]2CCCN(C(=O)C34CC5CC(CC(C5)C3)C4)C2)C1. The predicted molar refractivity (Wildman–Crippen MR) is 129 cm³/mol. The van der Waals surface area contributed by atoms with Gasteiger partial charge >= 0.3 is 6.09 Å². The van der Waals surface area contributed by atoms with E-state index in [4.69, 9.17) is 4.74 Å². The Hall–Kier alpha value is -1.79. The molecule has 1 N–H and O–H groups in total. The molecule has 4 saturated carbocycles. The lowest BCUT2D eigenvalue weighted by molar-refractivity contribution is -0.159. The number of nitrogens with zero attached hydrogens (tertiary/aromatic N) is 2.